The molecule has 0 saturated carbocycles. The lowest BCUT2D eigenvalue weighted by Gasteiger charge is -2.55. The third-order valence-electron chi connectivity index (χ3n) is 8.87. The molecule has 3 aromatic rings. The van der Waals surface area contributed by atoms with Gasteiger partial charge in [0.25, 0.3) is 0 Å². The average molecular weight is 557 g/mol. The summed E-state index contributed by atoms with van der Waals surface area (Å²) >= 11 is 0. The highest BCUT2D eigenvalue weighted by Gasteiger charge is 2.46. The molecule has 214 valence electrons. The Balaban J connectivity index is 1.13. The molecule has 10 heteroatoms. The molecule has 1 N–H and O–H groups in total. The van der Waals surface area contributed by atoms with Gasteiger partial charge in [0, 0.05) is 68.5 Å². The number of hydrogen-bond donors (Lipinski definition) is 1. The van der Waals surface area contributed by atoms with Gasteiger partial charge in [0.1, 0.15) is 11.6 Å². The summed E-state index contributed by atoms with van der Waals surface area (Å²) < 4.78 is 11.7. The molecule has 0 spiro atoms. The van der Waals surface area contributed by atoms with Gasteiger partial charge in [-0.1, -0.05) is 30.8 Å². The molecule has 1 amide bonds. The molecular formula is C31H36N6O4. The summed E-state index contributed by atoms with van der Waals surface area (Å²) in [4.78, 5) is 30.8. The lowest BCUT2D eigenvalue weighted by atomic mass is 9.95. The van der Waals surface area contributed by atoms with E-state index in [0.29, 0.717) is 57.5 Å². The van der Waals surface area contributed by atoms with E-state index < -0.39 is 0 Å². The van der Waals surface area contributed by atoms with Gasteiger partial charge in [-0.2, -0.15) is 9.97 Å². The summed E-state index contributed by atoms with van der Waals surface area (Å²) in [5.41, 5.74) is 3.09. The lowest BCUT2D eigenvalue weighted by Crippen LogP contribution is -2.70. The van der Waals surface area contributed by atoms with Crippen LogP contribution < -0.4 is 14.5 Å². The summed E-state index contributed by atoms with van der Waals surface area (Å²) in [5.74, 6) is 1.13. The Morgan fingerprint density at radius 2 is 1.98 bits per heavy atom. The highest BCUT2D eigenvalue weighted by atomic mass is 16.5. The Kier molecular flexibility index (Phi) is 6.88. The van der Waals surface area contributed by atoms with E-state index in [1.807, 2.05) is 29.2 Å². The monoisotopic (exact) mass is 556 g/mol. The number of phenols is 1. The van der Waals surface area contributed by atoms with Crippen molar-refractivity contribution in [2.24, 2.45) is 0 Å². The Hall–Kier alpha value is -3.89. The van der Waals surface area contributed by atoms with Gasteiger partial charge in [0.15, 0.2) is 0 Å². The third-order valence-corrected chi connectivity index (χ3v) is 8.87. The van der Waals surface area contributed by atoms with Crippen LogP contribution in [0.25, 0.3) is 10.8 Å². The molecule has 41 heavy (non-hydrogen) atoms. The topological polar surface area (TPSA) is 94.5 Å². The summed E-state index contributed by atoms with van der Waals surface area (Å²) in [6.07, 6.45) is 3.51. The number of aromatic nitrogens is 2. The SMILES string of the molecule is C=CC(=O)N1CCN(c2nc(OCCCN3CC4OCC43)nc3c2CCN(c2cc(O)cc4ccccc24)C3)CC1. The van der Waals surface area contributed by atoms with Crippen LogP contribution >= 0.6 is 0 Å². The first-order valence-electron chi connectivity index (χ1n) is 14.6. The van der Waals surface area contributed by atoms with Crippen molar-refractivity contribution in [2.45, 2.75) is 31.5 Å². The molecular weight excluding hydrogens is 520 g/mol. The maximum absolute atomic E-state index is 12.2. The van der Waals surface area contributed by atoms with Crippen molar-refractivity contribution in [1.29, 1.82) is 0 Å². The maximum Gasteiger partial charge on any atom is 0.318 e. The standard InChI is InChI=1S/C31H36N6O4/c1-2-29(39)34-11-13-35(14-12-34)30-24-8-10-37(26-17-22(38)16-21-6-3-4-7-23(21)26)18-25(24)32-31(33-30)40-15-5-9-36-19-28-27(36)20-41-28/h2-4,6-7,16-17,27-28,38H,1,5,8-15,18-20H2. The van der Waals surface area contributed by atoms with Crippen molar-refractivity contribution in [3.8, 4) is 11.8 Å². The van der Waals surface area contributed by atoms with Crippen molar-refractivity contribution in [3.63, 3.8) is 0 Å². The van der Waals surface area contributed by atoms with Gasteiger partial charge in [-0.05, 0) is 30.4 Å². The second kappa shape index (κ2) is 10.8. The number of aromatic hydroxyl groups is 1. The van der Waals surface area contributed by atoms with Crippen LogP contribution in [0, 0.1) is 0 Å². The van der Waals surface area contributed by atoms with Crippen LogP contribution in [0.5, 0.6) is 11.8 Å². The van der Waals surface area contributed by atoms with E-state index >= 15 is 0 Å². The third kappa shape index (κ3) is 4.95. The zero-order valence-electron chi connectivity index (χ0n) is 23.2. The summed E-state index contributed by atoms with van der Waals surface area (Å²) in [6.45, 7) is 11.1. The van der Waals surface area contributed by atoms with Gasteiger partial charge in [-0.25, -0.2) is 0 Å². The molecule has 2 unspecified atom stereocenters. The lowest BCUT2D eigenvalue weighted by molar-refractivity contribution is -0.214. The number of hydrogen-bond acceptors (Lipinski definition) is 9. The number of likely N-dealkylation sites (tertiary alicyclic amines) is 1. The van der Waals surface area contributed by atoms with E-state index in [9.17, 15) is 9.90 Å². The van der Waals surface area contributed by atoms with Crippen molar-refractivity contribution in [1.82, 2.24) is 19.8 Å². The second-order valence-electron chi connectivity index (χ2n) is 11.3. The van der Waals surface area contributed by atoms with Crippen LogP contribution in [0.2, 0.25) is 0 Å². The first-order valence-corrected chi connectivity index (χ1v) is 14.6. The Labute approximate surface area is 239 Å². The smallest absolute Gasteiger partial charge is 0.318 e. The van der Waals surface area contributed by atoms with Gasteiger partial charge in [0.05, 0.1) is 37.6 Å². The predicted molar refractivity (Wildman–Crippen MR) is 157 cm³/mol. The number of nitrogens with zero attached hydrogens (tertiary/aromatic N) is 6. The first kappa shape index (κ1) is 26.0. The minimum Gasteiger partial charge on any atom is -0.508 e. The fraction of sp³-hybridized carbons (Fsp3) is 0.452. The zero-order valence-corrected chi connectivity index (χ0v) is 23.2. The quantitative estimate of drug-likeness (QED) is 0.332. The minimum atomic E-state index is -0.0330. The van der Waals surface area contributed by atoms with E-state index in [0.717, 1.165) is 72.6 Å². The number of carbonyl (C=O) groups excluding carboxylic acids is 1. The summed E-state index contributed by atoms with van der Waals surface area (Å²) in [5, 5.41) is 12.6. The number of amides is 1. The predicted octanol–water partition coefficient (Wildman–Crippen LogP) is 2.58. The molecule has 3 saturated heterocycles. The Bertz CT molecular complexity index is 1470. The van der Waals surface area contributed by atoms with E-state index in [1.165, 1.54) is 6.08 Å². The van der Waals surface area contributed by atoms with Crippen LogP contribution in [-0.2, 0) is 22.5 Å². The molecule has 5 heterocycles. The van der Waals surface area contributed by atoms with Crippen LogP contribution in [0.15, 0.2) is 49.1 Å². The highest BCUT2D eigenvalue weighted by molar-refractivity contribution is 5.95. The molecule has 2 aromatic carbocycles. The summed E-state index contributed by atoms with van der Waals surface area (Å²) in [6, 6.07) is 12.8. The van der Waals surface area contributed by atoms with E-state index in [4.69, 9.17) is 19.4 Å². The van der Waals surface area contributed by atoms with Crippen LogP contribution in [0.4, 0.5) is 11.5 Å². The minimum absolute atomic E-state index is 0.0330. The Morgan fingerprint density at radius 1 is 1.12 bits per heavy atom. The van der Waals surface area contributed by atoms with Crippen molar-refractivity contribution in [3.05, 3.63) is 60.3 Å². The van der Waals surface area contributed by atoms with E-state index in [-0.39, 0.29) is 11.7 Å². The largest absolute Gasteiger partial charge is 0.508 e. The summed E-state index contributed by atoms with van der Waals surface area (Å²) in [7, 11) is 0. The molecule has 3 fully saturated rings. The van der Waals surface area contributed by atoms with Gasteiger partial charge in [-0.15, -0.1) is 0 Å². The van der Waals surface area contributed by atoms with Crippen molar-refractivity contribution < 1.29 is 19.4 Å². The molecule has 0 aliphatic carbocycles. The van der Waals surface area contributed by atoms with E-state index in [1.54, 1.807) is 6.07 Å². The highest BCUT2D eigenvalue weighted by Crippen LogP contribution is 2.36. The normalized spacial score (nSPS) is 22.0. The van der Waals surface area contributed by atoms with Gasteiger partial charge in [0.2, 0.25) is 5.91 Å². The van der Waals surface area contributed by atoms with Gasteiger partial charge in [-0.3, -0.25) is 9.69 Å². The average Bonchev–Trinajstić information content (AvgIpc) is 2.99. The van der Waals surface area contributed by atoms with Gasteiger partial charge >= 0.3 is 6.01 Å². The number of ether oxygens (including phenoxy) is 2. The fourth-order valence-electron chi connectivity index (χ4n) is 6.47. The Morgan fingerprint density at radius 3 is 2.73 bits per heavy atom. The van der Waals surface area contributed by atoms with Crippen molar-refractivity contribution in [2.75, 3.05) is 68.8 Å². The fourth-order valence-corrected chi connectivity index (χ4v) is 6.47. The molecule has 2 atom stereocenters. The van der Waals surface area contributed by atoms with Gasteiger partial charge < -0.3 is 29.3 Å². The maximum atomic E-state index is 12.2. The van der Waals surface area contributed by atoms with Crippen LogP contribution in [0.3, 0.4) is 0 Å². The van der Waals surface area contributed by atoms with Crippen LogP contribution in [0.1, 0.15) is 17.7 Å². The molecule has 0 bridgehead atoms. The second-order valence-corrected chi connectivity index (χ2v) is 11.3. The molecule has 10 nitrogen and oxygen atoms in total. The molecule has 4 aliphatic rings. The number of morpholine rings is 1. The number of benzene rings is 2. The number of piperazine rings is 1. The van der Waals surface area contributed by atoms with Crippen LogP contribution in [-0.4, -0.2) is 102 Å². The molecule has 4 aliphatic heterocycles. The number of anilines is 2. The van der Waals surface area contributed by atoms with Crippen molar-refractivity contribution >= 4 is 28.2 Å². The molecule has 0 radical (unpaired) electrons. The number of phenolic OH excluding ortho intramolecular Hbond substituents is 1. The number of carbonyl (C=O) groups is 1. The molecule has 7 rings (SSSR count). The zero-order chi connectivity index (χ0) is 27.9. The number of rotatable bonds is 8. The van der Waals surface area contributed by atoms with E-state index in [2.05, 4.69) is 27.3 Å². The first-order chi connectivity index (χ1) is 20.1. The number of fused-ring (bicyclic) bond motifs is 3. The molecule has 1 aromatic heterocycles.